The minimum Gasteiger partial charge on any atom is -0.458 e. The smallest absolute Gasteiger partial charge is 0.408 e. The van der Waals surface area contributed by atoms with Crippen LogP contribution in [0.4, 0.5) is 4.79 Å². The highest BCUT2D eigenvalue weighted by Gasteiger charge is 2.34. The zero-order valence-electron chi connectivity index (χ0n) is 19.9. The lowest BCUT2D eigenvalue weighted by atomic mass is 9.85. The summed E-state index contributed by atoms with van der Waals surface area (Å²) >= 11 is 0. The number of alkyl carbamates (subject to hydrolysis) is 1. The van der Waals surface area contributed by atoms with Crippen molar-refractivity contribution in [2.75, 3.05) is 6.61 Å². The van der Waals surface area contributed by atoms with Gasteiger partial charge in [-0.1, -0.05) is 39.0 Å². The van der Waals surface area contributed by atoms with Crippen LogP contribution in [-0.2, 0) is 19.0 Å². The topological polar surface area (TPSA) is 73.9 Å². The van der Waals surface area contributed by atoms with E-state index >= 15 is 0 Å². The van der Waals surface area contributed by atoms with Crippen LogP contribution in [0.15, 0.2) is 0 Å². The number of nitrogens with one attached hydrogen (secondary N) is 1. The SMILES string of the molecule is CC[C@H](CC1CCCC1)[C@@H](OCC1CC1)[C@H](C)OC(=O)[C@H](C)NC(=O)OC(C)(C)C. The minimum absolute atomic E-state index is 0.103. The third-order valence-corrected chi connectivity index (χ3v) is 6.17. The molecule has 0 unspecified atom stereocenters. The molecule has 4 atom stereocenters. The number of ether oxygens (including phenoxy) is 3. The van der Waals surface area contributed by atoms with Gasteiger partial charge in [0.2, 0.25) is 0 Å². The second-order valence-electron chi connectivity index (χ2n) is 10.3. The molecule has 30 heavy (non-hydrogen) atoms. The largest absolute Gasteiger partial charge is 0.458 e. The van der Waals surface area contributed by atoms with Crippen LogP contribution in [0, 0.1) is 17.8 Å². The predicted octanol–water partition coefficient (Wildman–Crippen LogP) is 5.23. The Balaban J connectivity index is 1.92. The number of carbonyl (C=O) groups is 2. The first-order chi connectivity index (χ1) is 14.1. The van der Waals surface area contributed by atoms with Crippen LogP contribution in [0.3, 0.4) is 0 Å². The molecule has 0 bridgehead atoms. The normalized spacial score (nSPS) is 21.5. The van der Waals surface area contributed by atoms with Crippen LogP contribution in [0.25, 0.3) is 0 Å². The van der Waals surface area contributed by atoms with Crippen molar-refractivity contribution in [2.45, 2.75) is 117 Å². The lowest BCUT2D eigenvalue weighted by Gasteiger charge is -2.33. The van der Waals surface area contributed by atoms with Crippen LogP contribution >= 0.6 is 0 Å². The van der Waals surface area contributed by atoms with E-state index in [9.17, 15) is 9.59 Å². The van der Waals surface area contributed by atoms with Gasteiger partial charge in [-0.15, -0.1) is 0 Å². The zero-order valence-corrected chi connectivity index (χ0v) is 19.9. The molecule has 1 N–H and O–H groups in total. The maximum absolute atomic E-state index is 12.6. The van der Waals surface area contributed by atoms with Crippen molar-refractivity contribution in [2.24, 2.45) is 17.8 Å². The summed E-state index contributed by atoms with van der Waals surface area (Å²) in [6, 6.07) is -0.777. The third kappa shape index (κ3) is 8.83. The lowest BCUT2D eigenvalue weighted by molar-refractivity contribution is -0.162. The summed E-state index contributed by atoms with van der Waals surface area (Å²) in [4.78, 5) is 24.6. The maximum atomic E-state index is 12.6. The fourth-order valence-electron chi connectivity index (χ4n) is 4.29. The molecule has 1 amide bonds. The van der Waals surface area contributed by atoms with Crippen molar-refractivity contribution >= 4 is 12.1 Å². The molecule has 2 saturated carbocycles. The van der Waals surface area contributed by atoms with Crippen molar-refractivity contribution in [1.82, 2.24) is 5.32 Å². The van der Waals surface area contributed by atoms with Crippen molar-refractivity contribution in [3.63, 3.8) is 0 Å². The van der Waals surface area contributed by atoms with E-state index in [0.29, 0.717) is 11.8 Å². The highest BCUT2D eigenvalue weighted by Crippen LogP contribution is 2.36. The Morgan fingerprint density at radius 1 is 1.03 bits per heavy atom. The molecule has 0 aromatic carbocycles. The Labute approximate surface area is 182 Å². The Bertz CT molecular complexity index is 548. The first kappa shape index (κ1) is 25.0. The van der Waals surface area contributed by atoms with Crippen molar-refractivity contribution in [3.05, 3.63) is 0 Å². The molecule has 2 fully saturated rings. The van der Waals surface area contributed by atoms with Gasteiger partial charge in [0.1, 0.15) is 17.7 Å². The van der Waals surface area contributed by atoms with Gasteiger partial charge in [-0.25, -0.2) is 9.59 Å². The summed E-state index contributed by atoms with van der Waals surface area (Å²) in [7, 11) is 0. The molecule has 0 saturated heterocycles. The van der Waals surface area contributed by atoms with E-state index in [1.807, 2.05) is 6.92 Å². The first-order valence-electron chi connectivity index (χ1n) is 11.9. The Kier molecular flexibility index (Phi) is 9.45. The second-order valence-corrected chi connectivity index (χ2v) is 10.3. The molecule has 2 rings (SSSR count). The lowest BCUT2D eigenvalue weighted by Crippen LogP contribution is -2.45. The molecule has 0 aromatic heterocycles. The molecule has 6 heteroatoms. The number of rotatable bonds is 11. The number of esters is 1. The van der Waals surface area contributed by atoms with E-state index in [0.717, 1.165) is 25.4 Å². The summed E-state index contributed by atoms with van der Waals surface area (Å²) in [5.41, 5.74) is -0.614. The van der Waals surface area contributed by atoms with Crippen LogP contribution < -0.4 is 5.32 Å². The fraction of sp³-hybridized carbons (Fsp3) is 0.917. The third-order valence-electron chi connectivity index (χ3n) is 6.17. The average Bonchev–Trinajstić information content (AvgIpc) is 3.32. The summed E-state index contributed by atoms with van der Waals surface area (Å²) in [6.07, 6.45) is 8.80. The standard InChI is InChI=1S/C24H43NO5/c1-7-20(14-18-10-8-9-11-18)21(28-15-19-12-13-19)17(3)29-22(26)16(2)25-23(27)30-24(4,5)6/h16-21H,7-15H2,1-6H3,(H,25,27)/t16-,17-,20+,21-/m0/s1. The molecular formula is C24H43NO5. The second kappa shape index (κ2) is 11.4. The van der Waals surface area contributed by atoms with Crippen molar-refractivity contribution in [1.29, 1.82) is 0 Å². The number of carbonyl (C=O) groups excluding carboxylic acids is 2. The van der Waals surface area contributed by atoms with Crippen LogP contribution in [0.1, 0.15) is 92.9 Å². The van der Waals surface area contributed by atoms with Crippen molar-refractivity contribution in [3.8, 4) is 0 Å². The van der Waals surface area contributed by atoms with Gasteiger partial charge < -0.3 is 19.5 Å². The van der Waals surface area contributed by atoms with Gasteiger partial charge in [-0.3, -0.25) is 0 Å². The molecule has 0 aromatic rings. The molecule has 6 nitrogen and oxygen atoms in total. The summed E-state index contributed by atoms with van der Waals surface area (Å²) < 4.78 is 17.3. The van der Waals surface area contributed by atoms with Gasteiger partial charge in [0.05, 0.1) is 6.10 Å². The van der Waals surface area contributed by atoms with Gasteiger partial charge in [0.25, 0.3) is 0 Å². The van der Waals surface area contributed by atoms with Gasteiger partial charge in [-0.2, -0.15) is 0 Å². The molecule has 0 heterocycles. The summed E-state index contributed by atoms with van der Waals surface area (Å²) in [5.74, 6) is 1.35. The highest BCUT2D eigenvalue weighted by molar-refractivity contribution is 5.81. The molecule has 0 radical (unpaired) electrons. The fourth-order valence-corrected chi connectivity index (χ4v) is 4.29. The van der Waals surface area contributed by atoms with Crippen molar-refractivity contribution < 1.29 is 23.8 Å². The molecular weight excluding hydrogens is 382 g/mol. The summed E-state index contributed by atoms with van der Waals surface area (Å²) in [6.45, 7) is 11.9. The number of hydrogen-bond donors (Lipinski definition) is 1. The molecule has 174 valence electrons. The van der Waals surface area contributed by atoms with E-state index in [4.69, 9.17) is 14.2 Å². The van der Waals surface area contributed by atoms with Gasteiger partial charge in [0.15, 0.2) is 0 Å². The molecule has 2 aliphatic carbocycles. The first-order valence-corrected chi connectivity index (χ1v) is 11.9. The Morgan fingerprint density at radius 2 is 1.67 bits per heavy atom. The Hall–Kier alpha value is -1.30. The highest BCUT2D eigenvalue weighted by atomic mass is 16.6. The van der Waals surface area contributed by atoms with E-state index in [-0.39, 0.29) is 12.2 Å². The summed E-state index contributed by atoms with van der Waals surface area (Å²) in [5, 5.41) is 2.57. The van der Waals surface area contributed by atoms with Gasteiger partial charge in [-0.05, 0) is 71.6 Å². The monoisotopic (exact) mass is 425 g/mol. The predicted molar refractivity (Wildman–Crippen MR) is 117 cm³/mol. The van der Waals surface area contributed by atoms with Gasteiger partial charge in [0, 0.05) is 6.61 Å². The van der Waals surface area contributed by atoms with Crippen LogP contribution in [-0.4, -0.2) is 42.5 Å². The van der Waals surface area contributed by atoms with Crippen LogP contribution in [0.5, 0.6) is 0 Å². The van der Waals surface area contributed by atoms with Crippen LogP contribution in [0.2, 0.25) is 0 Å². The minimum atomic E-state index is -0.777. The van der Waals surface area contributed by atoms with E-state index < -0.39 is 23.7 Å². The molecule has 0 aliphatic heterocycles. The zero-order chi connectivity index (χ0) is 22.3. The van der Waals surface area contributed by atoms with E-state index in [1.54, 1.807) is 27.7 Å². The molecule has 2 aliphatic rings. The maximum Gasteiger partial charge on any atom is 0.408 e. The van der Waals surface area contributed by atoms with E-state index in [1.165, 1.54) is 38.5 Å². The number of hydrogen-bond acceptors (Lipinski definition) is 5. The Morgan fingerprint density at radius 3 is 2.20 bits per heavy atom. The van der Waals surface area contributed by atoms with Gasteiger partial charge >= 0.3 is 12.1 Å². The quantitative estimate of drug-likeness (QED) is 0.459. The molecule has 0 spiro atoms. The average molecular weight is 426 g/mol. The number of amides is 1. The van der Waals surface area contributed by atoms with E-state index in [2.05, 4.69) is 12.2 Å².